The average Bonchev–Trinajstić information content (AvgIpc) is 2.28. The van der Waals surface area contributed by atoms with Crippen LogP contribution in [0, 0.1) is 17.7 Å². The maximum Gasteiger partial charge on any atom is 0.208 e. The van der Waals surface area contributed by atoms with Gasteiger partial charge in [-0.25, -0.2) is 8.78 Å². The molecule has 0 aliphatic heterocycles. The van der Waals surface area contributed by atoms with Gasteiger partial charge in [-0.05, 0) is 10.0 Å². The minimum atomic E-state index is -0.957. The fourth-order valence-electron chi connectivity index (χ4n) is 1.58. The number of hydrogen-bond acceptors (Lipinski definition) is 2. The summed E-state index contributed by atoms with van der Waals surface area (Å²) in [6.07, 6.45) is 0. The Labute approximate surface area is 141 Å². The molecule has 0 bridgehead atoms. The molecule has 7 heteroatoms. The Bertz CT molecular complexity index is 665. The molecule has 2 aromatic rings. The molecule has 1 aromatic carbocycles. The Hall–Kier alpha value is -0.586. The Kier molecular flexibility index (Phi) is 5.41. The third-order valence-electron chi connectivity index (χ3n) is 2.44. The van der Waals surface area contributed by atoms with Gasteiger partial charge >= 0.3 is 0 Å². The summed E-state index contributed by atoms with van der Waals surface area (Å²) in [5, 5.41) is 9.07. The summed E-state index contributed by atoms with van der Waals surface area (Å²) in [7, 11) is 1.38. The van der Waals surface area contributed by atoms with Crippen LogP contribution in [0.25, 0.3) is 11.3 Å². The first kappa shape index (κ1) is 16.5. The van der Waals surface area contributed by atoms with Crippen LogP contribution in [0.5, 0.6) is 5.75 Å². The Morgan fingerprint density at radius 1 is 1.32 bits per heavy atom. The molecule has 0 unspecified atom stereocenters. The number of hydrogen-bond donors (Lipinski definition) is 1. The molecule has 97 valence electrons. The number of phenols is 1. The summed E-state index contributed by atoms with van der Waals surface area (Å²) < 4.78 is 28.6. The maximum absolute atomic E-state index is 13.7. The molecule has 0 aliphatic rings. The van der Waals surface area contributed by atoms with Crippen molar-refractivity contribution >= 4 is 15.9 Å². The van der Waals surface area contributed by atoms with Crippen molar-refractivity contribution in [2.45, 2.75) is 0 Å². The van der Waals surface area contributed by atoms with Gasteiger partial charge in [-0.3, -0.25) is 4.79 Å². The smallest absolute Gasteiger partial charge is 0.208 e. The summed E-state index contributed by atoms with van der Waals surface area (Å²) in [4.78, 5) is 11.7. The fourth-order valence-corrected chi connectivity index (χ4v) is 1.96. The molecular formula is C12H7BrF2NO2Y-. The van der Waals surface area contributed by atoms with Crippen LogP contribution in [-0.4, -0.2) is 9.67 Å². The van der Waals surface area contributed by atoms with Crippen molar-refractivity contribution in [3.05, 3.63) is 50.7 Å². The number of halogens is 3. The monoisotopic (exact) mass is 403 g/mol. The molecule has 0 atom stereocenters. The molecule has 1 radical (unpaired) electrons. The van der Waals surface area contributed by atoms with Crippen molar-refractivity contribution in [1.82, 2.24) is 4.57 Å². The van der Waals surface area contributed by atoms with Gasteiger partial charge in [0.05, 0.1) is 11.6 Å². The summed E-state index contributed by atoms with van der Waals surface area (Å²) in [5.74, 6) is -2.43. The van der Waals surface area contributed by atoms with Gasteiger partial charge in [-0.15, -0.1) is 15.9 Å². The molecule has 1 N–H and O–H groups in total. The summed E-state index contributed by atoms with van der Waals surface area (Å²) in [6, 6.07) is 5.47. The van der Waals surface area contributed by atoms with E-state index in [9.17, 15) is 13.6 Å². The van der Waals surface area contributed by atoms with Gasteiger partial charge in [0.1, 0.15) is 5.75 Å². The van der Waals surface area contributed by atoms with E-state index in [2.05, 4.69) is 22.0 Å². The van der Waals surface area contributed by atoms with Gasteiger partial charge in [-0.1, -0.05) is 5.69 Å². The van der Waals surface area contributed by atoms with E-state index < -0.39 is 28.5 Å². The van der Waals surface area contributed by atoms with Crippen molar-refractivity contribution in [2.24, 2.45) is 7.05 Å². The molecule has 1 heterocycles. The standard InChI is InChI=1S/C12H7BrF2NO2.Y/c1-16-10(3-2-7(13)12(16)18)11-8(14)4-6(17)5-9(11)15;/h2,4-5,17H,1H3;/q-1;. The number of aromatic nitrogens is 1. The number of nitrogens with zero attached hydrogens (tertiary/aromatic N) is 1. The van der Waals surface area contributed by atoms with E-state index in [0.717, 1.165) is 16.7 Å². The van der Waals surface area contributed by atoms with E-state index in [1.807, 2.05) is 0 Å². The van der Waals surface area contributed by atoms with Gasteiger partial charge in [0.15, 0.2) is 0 Å². The molecule has 0 spiro atoms. The molecule has 0 aliphatic carbocycles. The molecule has 0 fully saturated rings. The van der Waals surface area contributed by atoms with Gasteiger partial charge in [-0.2, -0.15) is 12.1 Å². The first-order valence-electron chi connectivity index (χ1n) is 4.87. The number of rotatable bonds is 1. The van der Waals surface area contributed by atoms with Gasteiger partial charge in [0.2, 0.25) is 5.56 Å². The molecule has 0 saturated carbocycles. The molecule has 0 amide bonds. The van der Waals surface area contributed by atoms with Crippen molar-refractivity contribution < 1.29 is 46.6 Å². The van der Waals surface area contributed by atoms with Crippen LogP contribution in [-0.2, 0) is 39.8 Å². The minimum Gasteiger partial charge on any atom is -0.508 e. The summed E-state index contributed by atoms with van der Waals surface area (Å²) in [5.41, 5.74) is -0.867. The first-order chi connectivity index (χ1) is 8.41. The van der Waals surface area contributed by atoms with Crippen LogP contribution < -0.4 is 5.56 Å². The van der Waals surface area contributed by atoms with Crippen molar-refractivity contribution in [1.29, 1.82) is 0 Å². The average molecular weight is 404 g/mol. The molecular weight excluding hydrogens is 397 g/mol. The third-order valence-corrected chi connectivity index (χ3v) is 3.01. The van der Waals surface area contributed by atoms with Crippen LogP contribution in [0.3, 0.4) is 0 Å². The molecule has 2 rings (SSSR count). The van der Waals surface area contributed by atoms with E-state index in [1.54, 1.807) is 0 Å². The third kappa shape index (κ3) is 3.12. The number of aromatic hydroxyl groups is 1. The zero-order valence-electron chi connectivity index (χ0n) is 9.75. The Morgan fingerprint density at radius 2 is 1.84 bits per heavy atom. The van der Waals surface area contributed by atoms with Crippen LogP contribution >= 0.6 is 15.9 Å². The van der Waals surface area contributed by atoms with Gasteiger partial charge in [0, 0.05) is 51.9 Å². The molecule has 3 nitrogen and oxygen atoms in total. The molecule has 19 heavy (non-hydrogen) atoms. The summed E-state index contributed by atoms with van der Waals surface area (Å²) in [6.45, 7) is 0. The maximum atomic E-state index is 13.7. The second kappa shape index (κ2) is 6.24. The van der Waals surface area contributed by atoms with E-state index in [1.165, 1.54) is 13.1 Å². The zero-order chi connectivity index (χ0) is 13.4. The minimum absolute atomic E-state index is 0. The Balaban J connectivity index is 0.00000180. The van der Waals surface area contributed by atoms with Crippen molar-refractivity contribution in [3.63, 3.8) is 0 Å². The van der Waals surface area contributed by atoms with E-state index in [-0.39, 0.29) is 42.9 Å². The second-order valence-corrected chi connectivity index (χ2v) is 4.49. The predicted molar refractivity (Wildman–Crippen MR) is 65.2 cm³/mol. The predicted octanol–water partition coefficient (Wildman–Crippen LogP) is 2.60. The van der Waals surface area contributed by atoms with Crippen LogP contribution in [0.15, 0.2) is 27.5 Å². The van der Waals surface area contributed by atoms with Crippen LogP contribution in [0.4, 0.5) is 8.78 Å². The number of benzene rings is 1. The normalized spacial score (nSPS) is 10.1. The van der Waals surface area contributed by atoms with E-state index in [4.69, 9.17) is 5.11 Å². The SMILES string of the molecule is Cn1c(-c2c(F)cc(O)cc2F)[c-]cc(Br)c1=O.[Y]. The van der Waals surface area contributed by atoms with Crippen LogP contribution in [0.1, 0.15) is 0 Å². The Morgan fingerprint density at radius 3 is 2.37 bits per heavy atom. The largest absolute Gasteiger partial charge is 0.508 e. The second-order valence-electron chi connectivity index (χ2n) is 3.63. The van der Waals surface area contributed by atoms with Gasteiger partial charge in [0.25, 0.3) is 0 Å². The van der Waals surface area contributed by atoms with Gasteiger partial charge < -0.3 is 9.67 Å². The number of pyridine rings is 1. The van der Waals surface area contributed by atoms with Crippen molar-refractivity contribution in [2.75, 3.05) is 0 Å². The molecule has 1 aromatic heterocycles. The first-order valence-corrected chi connectivity index (χ1v) is 5.66. The van der Waals surface area contributed by atoms with E-state index in [0.29, 0.717) is 0 Å². The number of phenolic OH excluding ortho intramolecular Hbond substituents is 1. The topological polar surface area (TPSA) is 42.2 Å². The quantitative estimate of drug-likeness (QED) is 0.743. The summed E-state index contributed by atoms with van der Waals surface area (Å²) >= 11 is 3.01. The van der Waals surface area contributed by atoms with Crippen LogP contribution in [0.2, 0.25) is 0 Å². The molecule has 0 saturated heterocycles. The van der Waals surface area contributed by atoms with Crippen molar-refractivity contribution in [3.8, 4) is 17.0 Å². The van der Waals surface area contributed by atoms with E-state index >= 15 is 0 Å². The zero-order valence-corrected chi connectivity index (χ0v) is 14.2. The fraction of sp³-hybridized carbons (Fsp3) is 0.0833.